The fourth-order valence-electron chi connectivity index (χ4n) is 1.61. The van der Waals surface area contributed by atoms with Crippen molar-refractivity contribution in [2.75, 3.05) is 11.1 Å². The Balaban J connectivity index is 1.89. The normalized spacial score (nSPS) is 10.8. The number of rotatable bonds is 2. The number of hydrogen-bond donors (Lipinski definition) is 2. The van der Waals surface area contributed by atoms with E-state index in [2.05, 4.69) is 10.3 Å². The third kappa shape index (κ3) is 2.27. The van der Waals surface area contributed by atoms with Crippen LogP contribution >= 0.6 is 22.9 Å². The molecule has 5 nitrogen and oxygen atoms in total. The van der Waals surface area contributed by atoms with Crippen LogP contribution in [0.3, 0.4) is 0 Å². The van der Waals surface area contributed by atoms with Gasteiger partial charge in [-0.2, -0.15) is 0 Å². The number of furan rings is 1. The average Bonchev–Trinajstić information content (AvgIpc) is 2.94. The highest BCUT2D eigenvalue weighted by molar-refractivity contribution is 7.22. The summed E-state index contributed by atoms with van der Waals surface area (Å²) in [5.41, 5.74) is 7.42. The van der Waals surface area contributed by atoms with Crippen LogP contribution in [0.5, 0.6) is 0 Å². The number of carbonyl (C=O) groups excluding carboxylic acids is 1. The summed E-state index contributed by atoms with van der Waals surface area (Å²) in [6.45, 7) is 0. The number of amides is 1. The van der Waals surface area contributed by atoms with E-state index in [9.17, 15) is 4.79 Å². The molecule has 3 N–H and O–H groups in total. The van der Waals surface area contributed by atoms with Gasteiger partial charge >= 0.3 is 0 Å². The number of nitrogens with zero attached hydrogens (tertiary/aromatic N) is 1. The Hall–Kier alpha value is -2.05. The van der Waals surface area contributed by atoms with Gasteiger partial charge < -0.3 is 10.2 Å². The Labute approximate surface area is 117 Å². The second-order valence-corrected chi connectivity index (χ2v) is 5.18. The molecule has 1 amide bonds. The van der Waals surface area contributed by atoms with Crippen LogP contribution < -0.4 is 11.1 Å². The highest BCUT2D eigenvalue weighted by Gasteiger charge is 2.15. The van der Waals surface area contributed by atoms with E-state index in [-0.39, 0.29) is 16.7 Å². The van der Waals surface area contributed by atoms with E-state index < -0.39 is 0 Å². The van der Waals surface area contributed by atoms with Crippen molar-refractivity contribution >= 4 is 49.9 Å². The molecule has 1 aromatic carbocycles. The number of benzene rings is 1. The number of nitrogens with one attached hydrogen (secondary N) is 1. The zero-order valence-electron chi connectivity index (χ0n) is 9.51. The molecule has 0 unspecified atom stereocenters. The third-order valence-electron chi connectivity index (χ3n) is 2.50. The molecule has 0 fully saturated rings. The standard InChI is InChI=1S/C12H8ClN3O2S/c13-10-7(3-4-18-10)11(17)16-12-15-8-2-1-6(14)5-9(8)19-12/h1-5H,14H2,(H,15,16,17). The molecule has 0 spiro atoms. The van der Waals surface area contributed by atoms with Crippen molar-refractivity contribution in [2.45, 2.75) is 0 Å². The number of halogens is 1. The predicted molar refractivity (Wildman–Crippen MR) is 75.7 cm³/mol. The van der Waals surface area contributed by atoms with Gasteiger partial charge in [0.1, 0.15) is 0 Å². The molecule has 2 aromatic heterocycles. The highest BCUT2D eigenvalue weighted by Crippen LogP contribution is 2.28. The van der Waals surface area contributed by atoms with Gasteiger partial charge in [-0.1, -0.05) is 11.3 Å². The number of carbonyl (C=O) groups is 1. The maximum absolute atomic E-state index is 11.9. The van der Waals surface area contributed by atoms with Gasteiger partial charge in [0, 0.05) is 5.69 Å². The SMILES string of the molecule is Nc1ccc2nc(NC(=O)c3ccoc3Cl)sc2c1. The Bertz CT molecular complexity index is 765. The van der Waals surface area contributed by atoms with Crippen molar-refractivity contribution in [1.82, 2.24) is 4.98 Å². The molecule has 3 rings (SSSR count). The Morgan fingerprint density at radius 1 is 1.42 bits per heavy atom. The molecular weight excluding hydrogens is 286 g/mol. The first-order chi connectivity index (χ1) is 9.13. The summed E-state index contributed by atoms with van der Waals surface area (Å²) < 4.78 is 5.78. The Kier molecular flexibility index (Phi) is 2.88. The molecule has 2 heterocycles. The van der Waals surface area contributed by atoms with Gasteiger partial charge in [0.15, 0.2) is 5.13 Å². The number of aromatic nitrogens is 1. The Morgan fingerprint density at radius 3 is 3.00 bits per heavy atom. The first kappa shape index (κ1) is 12.0. The van der Waals surface area contributed by atoms with E-state index in [4.69, 9.17) is 21.8 Å². The summed E-state index contributed by atoms with van der Waals surface area (Å²) in [5, 5.41) is 3.22. The summed E-state index contributed by atoms with van der Waals surface area (Å²) in [6, 6.07) is 6.89. The van der Waals surface area contributed by atoms with Crippen LogP contribution in [0.15, 0.2) is 34.9 Å². The summed E-state index contributed by atoms with van der Waals surface area (Å²) in [7, 11) is 0. The molecule has 0 atom stereocenters. The fourth-order valence-corrected chi connectivity index (χ4v) is 2.72. The van der Waals surface area contributed by atoms with Crippen LogP contribution in [-0.2, 0) is 0 Å². The molecular formula is C12H8ClN3O2S. The lowest BCUT2D eigenvalue weighted by atomic mass is 10.3. The highest BCUT2D eigenvalue weighted by atomic mass is 35.5. The van der Waals surface area contributed by atoms with Gasteiger partial charge in [-0.3, -0.25) is 10.1 Å². The molecule has 0 aliphatic carbocycles. The van der Waals surface area contributed by atoms with Crippen LogP contribution in [0.1, 0.15) is 10.4 Å². The second-order valence-electron chi connectivity index (χ2n) is 3.81. The van der Waals surface area contributed by atoms with Gasteiger partial charge in [0.2, 0.25) is 5.22 Å². The molecule has 96 valence electrons. The number of nitrogen functional groups attached to an aromatic ring is 1. The van der Waals surface area contributed by atoms with E-state index in [1.54, 1.807) is 6.07 Å². The first-order valence-electron chi connectivity index (χ1n) is 5.34. The molecule has 3 aromatic rings. The zero-order valence-corrected chi connectivity index (χ0v) is 11.1. The molecule has 0 saturated heterocycles. The maximum Gasteiger partial charge on any atom is 0.262 e. The van der Waals surface area contributed by atoms with Crippen LogP contribution in [-0.4, -0.2) is 10.9 Å². The average molecular weight is 294 g/mol. The summed E-state index contributed by atoms with van der Waals surface area (Å²) in [5.74, 6) is -0.356. The van der Waals surface area contributed by atoms with Crippen molar-refractivity contribution < 1.29 is 9.21 Å². The molecule has 0 aliphatic rings. The zero-order chi connectivity index (χ0) is 13.4. The van der Waals surface area contributed by atoms with E-state index in [0.29, 0.717) is 10.8 Å². The van der Waals surface area contributed by atoms with Gasteiger partial charge in [0.25, 0.3) is 5.91 Å². The second kappa shape index (κ2) is 4.56. The van der Waals surface area contributed by atoms with Crippen LogP contribution in [0, 0.1) is 0 Å². The number of hydrogen-bond acceptors (Lipinski definition) is 5. The van der Waals surface area contributed by atoms with Gasteiger partial charge in [-0.25, -0.2) is 4.98 Å². The quantitative estimate of drug-likeness (QED) is 0.710. The van der Waals surface area contributed by atoms with Gasteiger partial charge in [-0.15, -0.1) is 0 Å². The minimum atomic E-state index is -0.356. The summed E-state index contributed by atoms with van der Waals surface area (Å²) in [4.78, 5) is 16.2. The number of nitrogens with two attached hydrogens (primary N) is 1. The van der Waals surface area contributed by atoms with Gasteiger partial charge in [0.05, 0.1) is 22.0 Å². The lowest BCUT2D eigenvalue weighted by molar-refractivity contribution is 0.102. The molecule has 0 bridgehead atoms. The molecule has 0 saturated carbocycles. The van der Waals surface area contributed by atoms with Crippen LogP contribution in [0.4, 0.5) is 10.8 Å². The number of fused-ring (bicyclic) bond motifs is 1. The minimum Gasteiger partial charge on any atom is -0.452 e. The summed E-state index contributed by atoms with van der Waals surface area (Å²) in [6.07, 6.45) is 1.36. The first-order valence-corrected chi connectivity index (χ1v) is 6.53. The molecule has 0 aliphatic heterocycles. The smallest absolute Gasteiger partial charge is 0.262 e. The third-order valence-corrected chi connectivity index (χ3v) is 3.72. The lowest BCUT2D eigenvalue weighted by Crippen LogP contribution is -2.10. The van der Waals surface area contributed by atoms with Crippen molar-refractivity contribution in [2.24, 2.45) is 0 Å². The van der Waals surface area contributed by atoms with E-state index in [1.165, 1.54) is 23.7 Å². The van der Waals surface area contributed by atoms with Crippen LogP contribution in [0.25, 0.3) is 10.2 Å². The lowest BCUT2D eigenvalue weighted by Gasteiger charge is -1.97. The number of anilines is 2. The van der Waals surface area contributed by atoms with Crippen molar-refractivity contribution in [3.63, 3.8) is 0 Å². The predicted octanol–water partition coefficient (Wildman–Crippen LogP) is 3.38. The van der Waals surface area contributed by atoms with E-state index >= 15 is 0 Å². The number of thiazole rings is 1. The summed E-state index contributed by atoms with van der Waals surface area (Å²) >= 11 is 7.09. The van der Waals surface area contributed by atoms with Gasteiger partial charge in [-0.05, 0) is 35.9 Å². The van der Waals surface area contributed by atoms with Crippen molar-refractivity contribution in [3.05, 3.63) is 41.3 Å². The topological polar surface area (TPSA) is 81.1 Å². The van der Waals surface area contributed by atoms with Crippen LogP contribution in [0.2, 0.25) is 5.22 Å². The molecule has 0 radical (unpaired) electrons. The molecule has 7 heteroatoms. The Morgan fingerprint density at radius 2 is 2.26 bits per heavy atom. The van der Waals surface area contributed by atoms with E-state index in [0.717, 1.165) is 10.2 Å². The van der Waals surface area contributed by atoms with Crippen molar-refractivity contribution in [1.29, 1.82) is 0 Å². The fraction of sp³-hybridized carbons (Fsp3) is 0. The largest absolute Gasteiger partial charge is 0.452 e. The minimum absolute atomic E-state index is 0.0582. The van der Waals surface area contributed by atoms with E-state index in [1.807, 2.05) is 12.1 Å². The maximum atomic E-state index is 11.9. The van der Waals surface area contributed by atoms with Crippen molar-refractivity contribution in [3.8, 4) is 0 Å². The monoisotopic (exact) mass is 293 g/mol. The molecule has 19 heavy (non-hydrogen) atoms.